The molecule has 4 heteroatoms. The lowest BCUT2D eigenvalue weighted by Crippen LogP contribution is -2.35. The second kappa shape index (κ2) is 6.52. The number of urea groups is 1. The highest BCUT2D eigenvalue weighted by Crippen LogP contribution is 2.19. The maximum atomic E-state index is 11.3. The Morgan fingerprint density at radius 2 is 1.50 bits per heavy atom. The zero-order valence-electron chi connectivity index (χ0n) is 11.0. The van der Waals surface area contributed by atoms with Gasteiger partial charge in [0.25, 0.3) is 0 Å². The molecule has 102 valence electrons. The number of imide groups is 1. The third-order valence-electron chi connectivity index (χ3n) is 2.96. The normalized spacial score (nSPS) is 10.0. The molecule has 0 aliphatic carbocycles. The molecule has 0 aliphatic heterocycles. The molecule has 0 unspecified atom stereocenters. The van der Waals surface area contributed by atoms with Gasteiger partial charge in [0.05, 0.1) is 0 Å². The monoisotopic (exact) mass is 268 g/mol. The first kappa shape index (κ1) is 13.8. The van der Waals surface area contributed by atoms with Crippen molar-refractivity contribution in [1.29, 1.82) is 0 Å². The summed E-state index contributed by atoms with van der Waals surface area (Å²) in [5.74, 6) is -0.357. The van der Waals surface area contributed by atoms with Crippen LogP contribution in [0, 0.1) is 0 Å². The van der Waals surface area contributed by atoms with Gasteiger partial charge in [0.15, 0.2) is 0 Å². The van der Waals surface area contributed by atoms with E-state index in [1.807, 2.05) is 42.5 Å². The molecule has 3 amide bonds. The van der Waals surface area contributed by atoms with Crippen molar-refractivity contribution in [2.24, 2.45) is 5.73 Å². The molecule has 0 saturated heterocycles. The molecule has 0 fully saturated rings. The van der Waals surface area contributed by atoms with E-state index in [0.717, 1.165) is 16.7 Å². The number of primary amides is 1. The molecule has 0 bridgehead atoms. The molecule has 0 heterocycles. The minimum absolute atomic E-state index is 0.244. The Morgan fingerprint density at radius 3 is 2.10 bits per heavy atom. The Hall–Kier alpha value is -2.62. The molecule has 2 aromatic carbocycles. The van der Waals surface area contributed by atoms with Crippen LogP contribution < -0.4 is 11.1 Å². The largest absolute Gasteiger partial charge is 0.351 e. The lowest BCUT2D eigenvalue weighted by atomic mass is 10.0. The van der Waals surface area contributed by atoms with E-state index in [2.05, 4.69) is 17.4 Å². The van der Waals surface area contributed by atoms with E-state index in [4.69, 9.17) is 5.73 Å². The molecule has 0 saturated carbocycles. The lowest BCUT2D eigenvalue weighted by Gasteiger charge is -2.04. The predicted molar refractivity (Wildman–Crippen MR) is 77.9 cm³/mol. The molecule has 0 aliphatic rings. The van der Waals surface area contributed by atoms with Crippen LogP contribution in [0.3, 0.4) is 0 Å². The van der Waals surface area contributed by atoms with Gasteiger partial charge in [0.2, 0.25) is 5.91 Å². The van der Waals surface area contributed by atoms with E-state index in [9.17, 15) is 9.59 Å². The number of hydrogen-bond acceptors (Lipinski definition) is 2. The van der Waals surface area contributed by atoms with Gasteiger partial charge in [0.1, 0.15) is 0 Å². The van der Waals surface area contributed by atoms with Crippen molar-refractivity contribution in [3.63, 3.8) is 0 Å². The van der Waals surface area contributed by atoms with E-state index in [-0.39, 0.29) is 12.3 Å². The average Bonchev–Trinajstić information content (AvgIpc) is 2.46. The van der Waals surface area contributed by atoms with Gasteiger partial charge in [0, 0.05) is 6.42 Å². The van der Waals surface area contributed by atoms with Crippen molar-refractivity contribution in [3.8, 4) is 11.1 Å². The fraction of sp³-hybridized carbons (Fsp3) is 0.125. The summed E-state index contributed by atoms with van der Waals surface area (Å²) in [4.78, 5) is 21.8. The molecule has 2 aromatic rings. The first-order valence-corrected chi connectivity index (χ1v) is 6.39. The number of carbonyl (C=O) groups excluding carboxylic acids is 2. The molecule has 4 nitrogen and oxygen atoms in total. The smallest absolute Gasteiger partial charge is 0.318 e. The maximum absolute atomic E-state index is 11.3. The van der Waals surface area contributed by atoms with Crippen molar-refractivity contribution in [2.75, 3.05) is 0 Å². The van der Waals surface area contributed by atoms with Crippen molar-refractivity contribution >= 4 is 11.9 Å². The SMILES string of the molecule is NC(=O)NC(=O)CCc1ccc(-c2ccccc2)cc1. The maximum Gasteiger partial charge on any atom is 0.318 e. The van der Waals surface area contributed by atoms with Crippen LogP contribution in [0.25, 0.3) is 11.1 Å². The number of aryl methyl sites for hydroxylation is 1. The Balaban J connectivity index is 1.95. The molecule has 0 radical (unpaired) electrons. The minimum Gasteiger partial charge on any atom is -0.351 e. The Bertz CT molecular complexity index is 592. The van der Waals surface area contributed by atoms with Crippen LogP contribution in [0.4, 0.5) is 4.79 Å². The summed E-state index contributed by atoms with van der Waals surface area (Å²) in [6, 6.07) is 17.3. The summed E-state index contributed by atoms with van der Waals surface area (Å²) in [5, 5.41) is 2.05. The van der Waals surface area contributed by atoms with Gasteiger partial charge in [-0.05, 0) is 23.1 Å². The second-order valence-corrected chi connectivity index (χ2v) is 4.48. The number of benzene rings is 2. The molecular formula is C16H16N2O2. The summed E-state index contributed by atoms with van der Waals surface area (Å²) < 4.78 is 0. The van der Waals surface area contributed by atoms with E-state index < -0.39 is 6.03 Å². The average molecular weight is 268 g/mol. The molecule has 20 heavy (non-hydrogen) atoms. The lowest BCUT2D eigenvalue weighted by molar-refractivity contribution is -0.119. The van der Waals surface area contributed by atoms with Crippen LogP contribution in [-0.4, -0.2) is 11.9 Å². The first-order chi connectivity index (χ1) is 9.65. The fourth-order valence-electron chi connectivity index (χ4n) is 1.95. The van der Waals surface area contributed by atoms with Gasteiger partial charge >= 0.3 is 6.03 Å². The van der Waals surface area contributed by atoms with Gasteiger partial charge in [-0.1, -0.05) is 54.6 Å². The van der Waals surface area contributed by atoms with E-state index >= 15 is 0 Å². The van der Waals surface area contributed by atoms with Gasteiger partial charge in [-0.2, -0.15) is 0 Å². The molecule has 0 aromatic heterocycles. The van der Waals surface area contributed by atoms with E-state index in [0.29, 0.717) is 6.42 Å². The first-order valence-electron chi connectivity index (χ1n) is 6.39. The van der Waals surface area contributed by atoms with Gasteiger partial charge in [-0.15, -0.1) is 0 Å². The van der Waals surface area contributed by atoms with E-state index in [1.54, 1.807) is 0 Å². The summed E-state index contributed by atoms with van der Waals surface area (Å²) in [7, 11) is 0. The Kier molecular flexibility index (Phi) is 4.50. The van der Waals surface area contributed by atoms with Crippen molar-refractivity contribution in [2.45, 2.75) is 12.8 Å². The predicted octanol–water partition coefficient (Wildman–Crippen LogP) is 2.48. The highest BCUT2D eigenvalue weighted by Gasteiger charge is 2.04. The quantitative estimate of drug-likeness (QED) is 0.894. The summed E-state index contributed by atoms with van der Waals surface area (Å²) in [5.41, 5.74) is 8.21. The zero-order chi connectivity index (χ0) is 14.4. The Labute approximate surface area is 117 Å². The summed E-state index contributed by atoms with van der Waals surface area (Å²) in [6.45, 7) is 0. The summed E-state index contributed by atoms with van der Waals surface area (Å²) in [6.07, 6.45) is 0.821. The van der Waals surface area contributed by atoms with Crippen LogP contribution >= 0.6 is 0 Å². The third-order valence-corrected chi connectivity index (χ3v) is 2.96. The highest BCUT2D eigenvalue weighted by atomic mass is 16.2. The second-order valence-electron chi connectivity index (χ2n) is 4.48. The van der Waals surface area contributed by atoms with E-state index in [1.165, 1.54) is 0 Å². The van der Waals surface area contributed by atoms with Gasteiger partial charge in [-0.25, -0.2) is 4.79 Å². The van der Waals surface area contributed by atoms with Crippen LogP contribution in [0.15, 0.2) is 54.6 Å². The molecule has 0 spiro atoms. The van der Waals surface area contributed by atoms with Gasteiger partial charge in [-0.3, -0.25) is 10.1 Å². The number of nitrogens with one attached hydrogen (secondary N) is 1. The van der Waals surface area contributed by atoms with Crippen LogP contribution in [0.2, 0.25) is 0 Å². The Morgan fingerprint density at radius 1 is 0.900 bits per heavy atom. The molecule has 2 rings (SSSR count). The number of carbonyl (C=O) groups is 2. The third kappa shape index (κ3) is 3.95. The van der Waals surface area contributed by atoms with Crippen molar-refractivity contribution in [3.05, 3.63) is 60.2 Å². The number of amides is 3. The van der Waals surface area contributed by atoms with Crippen LogP contribution in [-0.2, 0) is 11.2 Å². The fourth-order valence-corrected chi connectivity index (χ4v) is 1.95. The molecular weight excluding hydrogens is 252 g/mol. The minimum atomic E-state index is -0.811. The van der Waals surface area contributed by atoms with Crippen LogP contribution in [0.5, 0.6) is 0 Å². The van der Waals surface area contributed by atoms with Crippen LogP contribution in [0.1, 0.15) is 12.0 Å². The summed E-state index contributed by atoms with van der Waals surface area (Å²) >= 11 is 0. The van der Waals surface area contributed by atoms with Crippen molar-refractivity contribution < 1.29 is 9.59 Å². The highest BCUT2D eigenvalue weighted by molar-refractivity contribution is 5.93. The standard InChI is InChI=1S/C16H16N2O2/c17-16(20)18-15(19)11-8-12-6-9-14(10-7-12)13-4-2-1-3-5-13/h1-7,9-10H,8,11H2,(H3,17,18,19,20). The topological polar surface area (TPSA) is 72.2 Å². The zero-order valence-corrected chi connectivity index (χ0v) is 11.0. The van der Waals surface area contributed by atoms with Gasteiger partial charge < -0.3 is 5.73 Å². The molecule has 0 atom stereocenters. The molecule has 3 N–H and O–H groups in total. The number of nitrogens with two attached hydrogens (primary N) is 1. The number of rotatable bonds is 4. The number of hydrogen-bond donors (Lipinski definition) is 2. The van der Waals surface area contributed by atoms with Crippen molar-refractivity contribution in [1.82, 2.24) is 5.32 Å².